The summed E-state index contributed by atoms with van der Waals surface area (Å²) < 4.78 is 39.2. The van der Waals surface area contributed by atoms with E-state index >= 15 is 0 Å². The lowest BCUT2D eigenvalue weighted by atomic mass is 10.2. The molecule has 1 fully saturated rings. The fourth-order valence-corrected chi connectivity index (χ4v) is 4.32. The zero-order valence-electron chi connectivity index (χ0n) is 16.0. The van der Waals surface area contributed by atoms with E-state index in [4.69, 9.17) is 0 Å². The van der Waals surface area contributed by atoms with Crippen LogP contribution in [-0.4, -0.2) is 63.3 Å². The van der Waals surface area contributed by atoms with Crippen LogP contribution in [-0.2, 0) is 14.8 Å². The summed E-state index contributed by atoms with van der Waals surface area (Å²) in [7, 11) is -2.48. The number of benzene rings is 2. The van der Waals surface area contributed by atoms with Gasteiger partial charge in [0, 0.05) is 38.9 Å². The van der Waals surface area contributed by atoms with E-state index in [1.165, 1.54) is 24.7 Å². The van der Waals surface area contributed by atoms with Crippen molar-refractivity contribution < 1.29 is 17.6 Å². The highest BCUT2D eigenvalue weighted by Gasteiger charge is 2.27. The van der Waals surface area contributed by atoms with Gasteiger partial charge in [-0.15, -0.1) is 0 Å². The quantitative estimate of drug-likeness (QED) is 0.765. The summed E-state index contributed by atoms with van der Waals surface area (Å²) in [6.07, 6.45) is 0. The number of carbonyl (C=O) groups is 1. The van der Waals surface area contributed by atoms with Gasteiger partial charge in [-0.1, -0.05) is 12.1 Å². The van der Waals surface area contributed by atoms with E-state index in [0.29, 0.717) is 26.2 Å². The molecule has 0 N–H and O–H groups in total. The minimum atomic E-state index is -3.84. The number of hydrogen-bond donors (Lipinski definition) is 0. The molecule has 0 radical (unpaired) electrons. The highest BCUT2D eigenvalue weighted by molar-refractivity contribution is 7.89. The summed E-state index contributed by atoms with van der Waals surface area (Å²) in [5.74, 6) is -0.749. The van der Waals surface area contributed by atoms with Crippen LogP contribution >= 0.6 is 0 Å². The summed E-state index contributed by atoms with van der Waals surface area (Å²) in [5, 5.41) is 0. The normalized spacial score (nSPS) is 15.1. The topological polar surface area (TPSA) is 60.9 Å². The molecule has 1 heterocycles. The number of aryl methyl sites for hydroxylation is 1. The van der Waals surface area contributed by atoms with Gasteiger partial charge in [0.25, 0.3) is 0 Å². The maximum atomic E-state index is 13.0. The van der Waals surface area contributed by atoms with Gasteiger partial charge in [-0.05, 0) is 48.9 Å². The van der Waals surface area contributed by atoms with Crippen LogP contribution in [0.2, 0.25) is 0 Å². The van der Waals surface area contributed by atoms with Crippen LogP contribution in [0.4, 0.5) is 10.1 Å². The van der Waals surface area contributed by atoms with Crippen molar-refractivity contribution in [3.05, 3.63) is 59.9 Å². The van der Waals surface area contributed by atoms with Crippen LogP contribution < -0.4 is 4.90 Å². The van der Waals surface area contributed by atoms with Crippen molar-refractivity contribution in [2.45, 2.75) is 11.8 Å². The van der Waals surface area contributed by atoms with Crippen molar-refractivity contribution in [1.82, 2.24) is 9.21 Å². The van der Waals surface area contributed by atoms with Gasteiger partial charge in [0.2, 0.25) is 15.9 Å². The number of likely N-dealkylation sites (N-methyl/N-ethyl adjacent to an activating group) is 1. The third-order valence-corrected chi connectivity index (χ3v) is 6.70. The van der Waals surface area contributed by atoms with Crippen molar-refractivity contribution in [3.8, 4) is 0 Å². The predicted octanol–water partition coefficient (Wildman–Crippen LogP) is 2.10. The average Bonchev–Trinajstić information content (AvgIpc) is 2.68. The molecule has 0 aliphatic carbocycles. The Morgan fingerprint density at radius 2 is 1.71 bits per heavy atom. The van der Waals surface area contributed by atoms with Crippen molar-refractivity contribution in [1.29, 1.82) is 0 Å². The number of rotatable bonds is 5. The largest absolute Gasteiger partial charge is 0.368 e. The van der Waals surface area contributed by atoms with Crippen LogP contribution in [0.1, 0.15) is 5.56 Å². The molecule has 150 valence electrons. The number of halogens is 1. The van der Waals surface area contributed by atoms with E-state index in [0.717, 1.165) is 22.1 Å². The van der Waals surface area contributed by atoms with Crippen LogP contribution in [0, 0.1) is 12.7 Å². The third kappa shape index (κ3) is 4.51. The van der Waals surface area contributed by atoms with Gasteiger partial charge < -0.3 is 9.80 Å². The molecule has 0 atom stereocenters. The van der Waals surface area contributed by atoms with Crippen molar-refractivity contribution >= 4 is 21.6 Å². The van der Waals surface area contributed by atoms with E-state index in [9.17, 15) is 17.6 Å². The Labute approximate surface area is 165 Å². The second-order valence-electron chi connectivity index (χ2n) is 6.92. The molecule has 0 aromatic heterocycles. The number of sulfonamides is 1. The van der Waals surface area contributed by atoms with Crippen LogP contribution in [0.5, 0.6) is 0 Å². The smallest absolute Gasteiger partial charge is 0.243 e. The molecule has 28 heavy (non-hydrogen) atoms. The molecule has 0 spiro atoms. The molecule has 3 rings (SSSR count). The maximum absolute atomic E-state index is 13.0. The first kappa shape index (κ1) is 20.3. The lowest BCUT2D eigenvalue weighted by Crippen LogP contribution is -2.51. The van der Waals surface area contributed by atoms with E-state index in [2.05, 4.69) is 11.0 Å². The Balaban J connectivity index is 1.58. The van der Waals surface area contributed by atoms with E-state index in [1.807, 2.05) is 25.1 Å². The molecule has 0 saturated carbocycles. The molecule has 6 nitrogen and oxygen atoms in total. The first-order valence-corrected chi connectivity index (χ1v) is 10.5. The van der Waals surface area contributed by atoms with Crippen molar-refractivity contribution in [2.75, 3.05) is 44.7 Å². The van der Waals surface area contributed by atoms with Gasteiger partial charge >= 0.3 is 0 Å². The second kappa shape index (κ2) is 8.28. The third-order valence-electron chi connectivity index (χ3n) is 4.88. The van der Waals surface area contributed by atoms with Gasteiger partial charge in [-0.25, -0.2) is 12.8 Å². The SMILES string of the molecule is Cc1cccc(N2CCN(C(=O)CN(C)S(=O)(=O)c3ccc(F)cc3)CC2)c1. The summed E-state index contributed by atoms with van der Waals surface area (Å²) >= 11 is 0. The fourth-order valence-electron chi connectivity index (χ4n) is 3.20. The Hall–Kier alpha value is -2.45. The summed E-state index contributed by atoms with van der Waals surface area (Å²) in [6.45, 7) is 4.27. The molecule has 1 saturated heterocycles. The van der Waals surface area contributed by atoms with Crippen LogP contribution in [0.3, 0.4) is 0 Å². The lowest BCUT2D eigenvalue weighted by molar-refractivity contribution is -0.131. The van der Waals surface area contributed by atoms with E-state index in [-0.39, 0.29) is 17.3 Å². The molecule has 8 heteroatoms. The summed E-state index contributed by atoms with van der Waals surface area (Å²) in [6, 6.07) is 12.8. The van der Waals surface area contributed by atoms with Gasteiger partial charge in [-0.2, -0.15) is 4.31 Å². The lowest BCUT2D eigenvalue weighted by Gasteiger charge is -2.36. The Kier molecular flexibility index (Phi) is 6.00. The predicted molar refractivity (Wildman–Crippen MR) is 106 cm³/mol. The maximum Gasteiger partial charge on any atom is 0.243 e. The molecule has 0 bridgehead atoms. The molecular weight excluding hydrogens is 381 g/mol. The molecule has 2 aromatic carbocycles. The minimum Gasteiger partial charge on any atom is -0.368 e. The molecule has 1 aliphatic heterocycles. The Morgan fingerprint density at radius 1 is 1.07 bits per heavy atom. The molecule has 1 aliphatic rings. The molecule has 0 unspecified atom stereocenters. The number of anilines is 1. The average molecular weight is 405 g/mol. The zero-order valence-corrected chi connectivity index (χ0v) is 16.8. The van der Waals surface area contributed by atoms with Crippen molar-refractivity contribution in [3.63, 3.8) is 0 Å². The highest BCUT2D eigenvalue weighted by atomic mass is 32.2. The monoisotopic (exact) mass is 405 g/mol. The van der Waals surface area contributed by atoms with Gasteiger partial charge in [0.1, 0.15) is 5.82 Å². The highest BCUT2D eigenvalue weighted by Crippen LogP contribution is 2.19. The fraction of sp³-hybridized carbons (Fsp3) is 0.350. The van der Waals surface area contributed by atoms with Gasteiger partial charge in [-0.3, -0.25) is 4.79 Å². The first-order chi connectivity index (χ1) is 13.3. The number of piperazine rings is 1. The second-order valence-corrected chi connectivity index (χ2v) is 8.97. The Bertz CT molecular complexity index is 939. The first-order valence-electron chi connectivity index (χ1n) is 9.08. The molecular formula is C20H24FN3O3S. The standard InChI is InChI=1S/C20H24FN3O3S/c1-16-4-3-5-18(14-16)23-10-12-24(13-11-23)20(25)15-22(2)28(26,27)19-8-6-17(21)7-9-19/h3-9,14H,10-13,15H2,1-2H3. The van der Waals surface area contributed by atoms with Gasteiger partial charge in [0.05, 0.1) is 11.4 Å². The summed E-state index contributed by atoms with van der Waals surface area (Å²) in [4.78, 5) is 16.4. The number of amides is 1. The summed E-state index contributed by atoms with van der Waals surface area (Å²) in [5.41, 5.74) is 2.31. The minimum absolute atomic E-state index is 0.0338. The van der Waals surface area contributed by atoms with Crippen LogP contribution in [0.25, 0.3) is 0 Å². The number of nitrogens with zero attached hydrogens (tertiary/aromatic N) is 3. The van der Waals surface area contributed by atoms with E-state index in [1.54, 1.807) is 4.90 Å². The van der Waals surface area contributed by atoms with E-state index < -0.39 is 15.8 Å². The van der Waals surface area contributed by atoms with Crippen molar-refractivity contribution in [2.24, 2.45) is 0 Å². The number of hydrogen-bond acceptors (Lipinski definition) is 4. The van der Waals surface area contributed by atoms with Crippen LogP contribution in [0.15, 0.2) is 53.4 Å². The van der Waals surface area contributed by atoms with Gasteiger partial charge in [0.15, 0.2) is 0 Å². The zero-order chi connectivity index (χ0) is 20.3. The molecule has 2 aromatic rings. The Morgan fingerprint density at radius 3 is 2.32 bits per heavy atom. The molecule has 1 amide bonds. The number of carbonyl (C=O) groups excluding carboxylic acids is 1.